The van der Waals surface area contributed by atoms with Gasteiger partial charge in [0.15, 0.2) is 0 Å². The molecule has 0 fully saturated rings. The van der Waals surface area contributed by atoms with Crippen LogP contribution in [-0.4, -0.2) is 32.9 Å². The lowest BCUT2D eigenvalue weighted by Crippen LogP contribution is -2.34. The Kier molecular flexibility index (Phi) is 4.79. The largest absolute Gasteiger partial charge is 0.322 e. The topological polar surface area (TPSA) is 66.5 Å². The molecule has 2 aromatic rings. The van der Waals surface area contributed by atoms with Crippen LogP contribution in [0.15, 0.2) is 47.4 Å². The molecule has 25 heavy (non-hydrogen) atoms. The Morgan fingerprint density at radius 1 is 1.24 bits per heavy atom. The van der Waals surface area contributed by atoms with Crippen molar-refractivity contribution in [3.8, 4) is 0 Å². The van der Waals surface area contributed by atoms with Gasteiger partial charge in [-0.3, -0.25) is 9.10 Å². The van der Waals surface area contributed by atoms with Gasteiger partial charge in [0.05, 0.1) is 11.9 Å². The van der Waals surface area contributed by atoms with Gasteiger partial charge in [0.2, 0.25) is 10.0 Å². The predicted molar refractivity (Wildman–Crippen MR) is 103 cm³/mol. The molecule has 1 N–H and O–H groups in total. The summed E-state index contributed by atoms with van der Waals surface area (Å²) >= 11 is 1.61. The van der Waals surface area contributed by atoms with Gasteiger partial charge >= 0.3 is 0 Å². The highest BCUT2D eigenvalue weighted by Gasteiger charge is 2.32. The van der Waals surface area contributed by atoms with Gasteiger partial charge in [-0.05, 0) is 61.6 Å². The molecule has 1 heterocycles. The van der Waals surface area contributed by atoms with E-state index in [0.29, 0.717) is 17.7 Å². The van der Waals surface area contributed by atoms with E-state index >= 15 is 0 Å². The van der Waals surface area contributed by atoms with E-state index in [1.807, 2.05) is 37.4 Å². The molecule has 0 spiro atoms. The van der Waals surface area contributed by atoms with E-state index in [1.165, 1.54) is 10.6 Å². The Morgan fingerprint density at radius 3 is 2.68 bits per heavy atom. The first-order chi connectivity index (χ1) is 11.8. The molecule has 0 saturated carbocycles. The van der Waals surface area contributed by atoms with Crippen molar-refractivity contribution in [1.82, 2.24) is 0 Å². The zero-order valence-electron chi connectivity index (χ0n) is 14.3. The van der Waals surface area contributed by atoms with Crippen molar-refractivity contribution >= 4 is 39.1 Å². The van der Waals surface area contributed by atoms with Crippen LogP contribution in [0.4, 0.5) is 11.4 Å². The van der Waals surface area contributed by atoms with Crippen molar-refractivity contribution < 1.29 is 13.2 Å². The third-order valence-corrected chi connectivity index (χ3v) is 6.18. The summed E-state index contributed by atoms with van der Waals surface area (Å²) in [7, 11) is -3.32. The van der Waals surface area contributed by atoms with E-state index in [2.05, 4.69) is 5.32 Å². The number of thioether (sulfide) groups is 1. The van der Waals surface area contributed by atoms with Gasteiger partial charge in [-0.15, -0.1) is 11.8 Å². The number of carbonyl (C=O) groups excluding carboxylic acids is 1. The number of nitrogens with zero attached hydrogens (tertiary/aromatic N) is 1. The van der Waals surface area contributed by atoms with Crippen LogP contribution in [0.3, 0.4) is 0 Å². The second-order valence-corrected chi connectivity index (χ2v) is 8.88. The average molecular weight is 377 g/mol. The molecule has 0 saturated heterocycles. The van der Waals surface area contributed by atoms with Crippen molar-refractivity contribution in [3.63, 3.8) is 0 Å². The van der Waals surface area contributed by atoms with Gasteiger partial charge in [-0.2, -0.15) is 0 Å². The van der Waals surface area contributed by atoms with Crippen LogP contribution in [0.25, 0.3) is 0 Å². The van der Waals surface area contributed by atoms with Crippen LogP contribution in [0.2, 0.25) is 0 Å². The summed E-state index contributed by atoms with van der Waals surface area (Å²) in [4.78, 5) is 13.6. The molecule has 7 heteroatoms. The fourth-order valence-corrected chi connectivity index (χ4v) is 4.88. The van der Waals surface area contributed by atoms with Crippen LogP contribution < -0.4 is 9.62 Å². The minimum Gasteiger partial charge on any atom is -0.322 e. The fraction of sp³-hybridized carbons (Fsp3) is 0.278. The molecule has 132 valence electrons. The maximum absolute atomic E-state index is 12.5. The molecule has 2 aromatic carbocycles. The van der Waals surface area contributed by atoms with Crippen molar-refractivity contribution in [2.45, 2.75) is 24.3 Å². The van der Waals surface area contributed by atoms with Gasteiger partial charge in [0, 0.05) is 22.2 Å². The molecule has 5 nitrogen and oxygen atoms in total. The molecule has 0 bridgehead atoms. The molecule has 1 aliphatic rings. The molecule has 1 amide bonds. The first-order valence-corrected chi connectivity index (χ1v) is 10.9. The fourth-order valence-electron chi connectivity index (χ4n) is 3.15. The van der Waals surface area contributed by atoms with Crippen LogP contribution in [-0.2, 0) is 16.4 Å². The molecule has 0 radical (unpaired) electrons. The quantitative estimate of drug-likeness (QED) is 0.831. The van der Waals surface area contributed by atoms with Crippen molar-refractivity contribution in [1.29, 1.82) is 0 Å². The maximum Gasteiger partial charge on any atom is 0.255 e. The zero-order chi connectivity index (χ0) is 18.2. The van der Waals surface area contributed by atoms with E-state index in [-0.39, 0.29) is 11.9 Å². The number of fused-ring (bicyclic) bond motifs is 1. The highest BCUT2D eigenvalue weighted by Crippen LogP contribution is 2.34. The van der Waals surface area contributed by atoms with E-state index < -0.39 is 10.0 Å². The van der Waals surface area contributed by atoms with Gasteiger partial charge < -0.3 is 5.32 Å². The molecule has 0 aliphatic carbocycles. The van der Waals surface area contributed by atoms with Crippen molar-refractivity contribution in [2.75, 3.05) is 22.1 Å². The summed E-state index contributed by atoms with van der Waals surface area (Å²) in [6.07, 6.45) is 3.79. The molecule has 1 unspecified atom stereocenters. The molecular formula is C18H20N2O3S2. The van der Waals surface area contributed by atoms with E-state index in [9.17, 15) is 13.2 Å². The lowest BCUT2D eigenvalue weighted by atomic mass is 10.1. The van der Waals surface area contributed by atoms with Crippen LogP contribution in [0, 0.1) is 0 Å². The van der Waals surface area contributed by atoms with Crippen LogP contribution in [0.5, 0.6) is 0 Å². The molecular weight excluding hydrogens is 356 g/mol. The van der Waals surface area contributed by atoms with Gasteiger partial charge in [0.25, 0.3) is 5.91 Å². The Bertz CT molecular complexity index is 926. The number of nitrogens with one attached hydrogen (secondary N) is 1. The number of hydrogen-bond acceptors (Lipinski definition) is 4. The number of rotatable bonds is 4. The standard InChI is InChI=1S/C18H20N2O3S2/c1-12-9-14-10-13(7-8-17(14)20(12)25(3,22)23)18(21)19-15-5-4-6-16(11-15)24-2/h4-8,10-12H,9H2,1-3H3,(H,19,21). The Morgan fingerprint density at radius 2 is 2.00 bits per heavy atom. The molecule has 0 aromatic heterocycles. The number of anilines is 2. The Labute approximate surface area is 152 Å². The second-order valence-electron chi connectivity index (χ2n) is 6.14. The van der Waals surface area contributed by atoms with E-state index in [1.54, 1.807) is 30.0 Å². The number of amides is 1. The van der Waals surface area contributed by atoms with Crippen LogP contribution in [0.1, 0.15) is 22.8 Å². The summed E-state index contributed by atoms with van der Waals surface area (Å²) in [6.45, 7) is 1.87. The van der Waals surface area contributed by atoms with Gasteiger partial charge in [-0.1, -0.05) is 6.07 Å². The number of hydrogen-bond donors (Lipinski definition) is 1. The van der Waals surface area contributed by atoms with E-state index in [0.717, 1.165) is 16.1 Å². The normalized spacial score (nSPS) is 16.6. The monoisotopic (exact) mass is 376 g/mol. The van der Waals surface area contributed by atoms with Crippen LogP contribution >= 0.6 is 11.8 Å². The lowest BCUT2D eigenvalue weighted by molar-refractivity contribution is 0.102. The Balaban J connectivity index is 1.85. The highest BCUT2D eigenvalue weighted by molar-refractivity contribution is 7.98. The summed E-state index contributed by atoms with van der Waals surface area (Å²) in [5, 5.41) is 2.89. The molecule has 3 rings (SSSR count). The van der Waals surface area contributed by atoms with Crippen molar-refractivity contribution in [2.24, 2.45) is 0 Å². The zero-order valence-corrected chi connectivity index (χ0v) is 15.9. The summed E-state index contributed by atoms with van der Waals surface area (Å²) < 4.78 is 25.4. The van der Waals surface area contributed by atoms with Gasteiger partial charge in [-0.25, -0.2) is 8.42 Å². The van der Waals surface area contributed by atoms with E-state index in [4.69, 9.17) is 0 Å². The number of sulfonamides is 1. The molecule has 1 aliphatic heterocycles. The first kappa shape index (κ1) is 17.8. The lowest BCUT2D eigenvalue weighted by Gasteiger charge is -2.21. The Hall–Kier alpha value is -1.99. The number of carbonyl (C=O) groups is 1. The number of benzene rings is 2. The summed E-state index contributed by atoms with van der Waals surface area (Å²) in [5.41, 5.74) is 2.80. The minimum atomic E-state index is -3.32. The van der Waals surface area contributed by atoms with Gasteiger partial charge in [0.1, 0.15) is 0 Å². The summed E-state index contributed by atoms with van der Waals surface area (Å²) in [5.74, 6) is -0.202. The minimum absolute atomic E-state index is 0.137. The smallest absolute Gasteiger partial charge is 0.255 e. The highest BCUT2D eigenvalue weighted by atomic mass is 32.2. The third-order valence-electron chi connectivity index (χ3n) is 4.18. The SMILES string of the molecule is CSc1cccc(NC(=O)c2ccc3c(c2)CC(C)N3S(C)(=O)=O)c1. The van der Waals surface area contributed by atoms with Crippen molar-refractivity contribution in [3.05, 3.63) is 53.6 Å². The summed E-state index contributed by atoms with van der Waals surface area (Å²) in [6, 6.07) is 12.7. The third kappa shape index (κ3) is 3.67. The second kappa shape index (κ2) is 6.72. The first-order valence-electron chi connectivity index (χ1n) is 7.87. The average Bonchev–Trinajstić information content (AvgIpc) is 2.89. The predicted octanol–water partition coefficient (Wildman–Crippen LogP) is 3.37. The molecule has 1 atom stereocenters. The maximum atomic E-state index is 12.5.